The molecular weight excluding hydrogens is 242 g/mol. The van der Waals surface area contributed by atoms with Gasteiger partial charge in [-0.1, -0.05) is 12.1 Å². The maximum absolute atomic E-state index is 11.6. The van der Waals surface area contributed by atoms with Crippen molar-refractivity contribution in [3.63, 3.8) is 0 Å². The smallest absolute Gasteiger partial charge is 0.251 e. The van der Waals surface area contributed by atoms with Gasteiger partial charge in [-0.05, 0) is 24.6 Å². The zero-order chi connectivity index (χ0) is 12.1. The van der Waals surface area contributed by atoms with Crippen LogP contribution in [0, 0.1) is 0 Å². The third-order valence-corrected chi connectivity index (χ3v) is 2.23. The Morgan fingerprint density at radius 3 is 2.24 bits per heavy atom. The quantitative estimate of drug-likeness (QED) is 0.717. The number of carbonyl (C=O) groups is 2. The average Bonchev–Trinajstić information content (AvgIpc) is 2.28. The van der Waals surface area contributed by atoms with Gasteiger partial charge in [0.15, 0.2) is 0 Å². The summed E-state index contributed by atoms with van der Waals surface area (Å²) >= 11 is 0. The summed E-state index contributed by atoms with van der Waals surface area (Å²) < 4.78 is 0. The maximum Gasteiger partial charge on any atom is 0.251 e. The van der Waals surface area contributed by atoms with Gasteiger partial charge in [-0.15, -0.1) is 12.4 Å². The molecule has 0 spiro atoms. The average molecular weight is 258 g/mol. The third-order valence-electron chi connectivity index (χ3n) is 2.23. The monoisotopic (exact) mass is 257 g/mol. The minimum atomic E-state index is -0.679. The van der Waals surface area contributed by atoms with Crippen LogP contribution in [0.2, 0.25) is 0 Å². The van der Waals surface area contributed by atoms with Crippen LogP contribution in [-0.4, -0.2) is 17.9 Å². The summed E-state index contributed by atoms with van der Waals surface area (Å²) in [5, 5.41) is 2.49. The van der Waals surface area contributed by atoms with Crippen molar-refractivity contribution in [2.45, 2.75) is 19.5 Å². The molecule has 1 aromatic carbocycles. The molecule has 17 heavy (non-hydrogen) atoms. The van der Waals surface area contributed by atoms with Crippen LogP contribution in [-0.2, 0) is 11.3 Å². The van der Waals surface area contributed by atoms with E-state index in [1.54, 1.807) is 24.3 Å². The Kier molecular flexibility index (Phi) is 6.23. The van der Waals surface area contributed by atoms with E-state index in [-0.39, 0.29) is 18.3 Å². The molecule has 5 nitrogen and oxygen atoms in total. The summed E-state index contributed by atoms with van der Waals surface area (Å²) in [6.07, 6.45) is 0. The normalized spacial score (nSPS) is 11.2. The van der Waals surface area contributed by atoms with Crippen molar-refractivity contribution >= 4 is 24.2 Å². The molecular formula is C11H16ClN3O2. The van der Waals surface area contributed by atoms with E-state index >= 15 is 0 Å². The summed E-state index contributed by atoms with van der Waals surface area (Å²) in [5.74, 6) is -0.887. The van der Waals surface area contributed by atoms with E-state index in [2.05, 4.69) is 5.32 Å². The Bertz CT molecular complexity index is 392. The minimum Gasteiger partial charge on any atom is -0.368 e. The number of carbonyl (C=O) groups excluding carboxylic acids is 2. The molecule has 0 unspecified atom stereocenters. The number of hydrogen-bond acceptors (Lipinski definition) is 3. The van der Waals surface area contributed by atoms with Gasteiger partial charge < -0.3 is 16.8 Å². The lowest BCUT2D eigenvalue weighted by molar-refractivity contribution is -0.119. The molecule has 0 heterocycles. The van der Waals surface area contributed by atoms with Crippen LogP contribution in [0.4, 0.5) is 0 Å². The van der Waals surface area contributed by atoms with Crippen molar-refractivity contribution in [3.8, 4) is 0 Å². The zero-order valence-corrected chi connectivity index (χ0v) is 10.3. The van der Waals surface area contributed by atoms with Gasteiger partial charge in [-0.2, -0.15) is 0 Å². The fraction of sp³-hybridized carbons (Fsp3) is 0.273. The van der Waals surface area contributed by atoms with Gasteiger partial charge in [0.1, 0.15) is 6.04 Å². The number of rotatable bonds is 4. The van der Waals surface area contributed by atoms with Crippen molar-refractivity contribution < 1.29 is 9.59 Å². The van der Waals surface area contributed by atoms with Crippen molar-refractivity contribution in [3.05, 3.63) is 35.4 Å². The number of amides is 2. The Labute approximate surface area is 106 Å². The predicted molar refractivity (Wildman–Crippen MR) is 67.7 cm³/mol. The number of hydrogen-bond donors (Lipinski definition) is 3. The second-order valence-electron chi connectivity index (χ2n) is 3.50. The molecule has 0 bridgehead atoms. The van der Waals surface area contributed by atoms with Crippen molar-refractivity contribution in [2.75, 3.05) is 0 Å². The van der Waals surface area contributed by atoms with E-state index in [1.165, 1.54) is 6.92 Å². The molecule has 0 fully saturated rings. The highest BCUT2D eigenvalue weighted by Crippen LogP contribution is 2.03. The molecule has 1 atom stereocenters. The van der Waals surface area contributed by atoms with Crippen molar-refractivity contribution in [2.24, 2.45) is 11.5 Å². The standard InChI is InChI=1S/C11H15N3O2.ClH/c1-7(10(13)15)14-11(16)9-4-2-8(6-12)3-5-9;/h2-5,7H,6,12H2,1H3,(H2,13,15)(H,14,16);1H/t7-;/m0./s1. The molecule has 5 N–H and O–H groups in total. The number of nitrogens with two attached hydrogens (primary N) is 2. The summed E-state index contributed by atoms with van der Waals surface area (Å²) in [5.41, 5.74) is 11.9. The zero-order valence-electron chi connectivity index (χ0n) is 9.47. The van der Waals surface area contributed by atoms with Gasteiger partial charge in [0, 0.05) is 12.1 Å². The molecule has 0 aromatic heterocycles. The van der Waals surface area contributed by atoms with E-state index in [4.69, 9.17) is 11.5 Å². The molecule has 0 radical (unpaired) electrons. The first-order valence-corrected chi connectivity index (χ1v) is 4.93. The van der Waals surface area contributed by atoms with Crippen molar-refractivity contribution in [1.29, 1.82) is 0 Å². The van der Waals surface area contributed by atoms with Gasteiger partial charge in [-0.3, -0.25) is 9.59 Å². The van der Waals surface area contributed by atoms with Gasteiger partial charge in [0.05, 0.1) is 0 Å². The lowest BCUT2D eigenvalue weighted by Gasteiger charge is -2.10. The summed E-state index contributed by atoms with van der Waals surface area (Å²) in [4.78, 5) is 22.4. The number of benzene rings is 1. The Balaban J connectivity index is 0.00000256. The highest BCUT2D eigenvalue weighted by atomic mass is 35.5. The molecule has 0 aliphatic rings. The molecule has 6 heteroatoms. The summed E-state index contributed by atoms with van der Waals surface area (Å²) in [6, 6.07) is 6.17. The molecule has 1 rings (SSSR count). The van der Waals surface area contributed by atoms with Crippen LogP contribution < -0.4 is 16.8 Å². The summed E-state index contributed by atoms with van der Waals surface area (Å²) in [6.45, 7) is 1.97. The molecule has 1 aromatic rings. The molecule has 0 aliphatic carbocycles. The van der Waals surface area contributed by atoms with Gasteiger partial charge in [0.25, 0.3) is 5.91 Å². The summed E-state index contributed by atoms with van der Waals surface area (Å²) in [7, 11) is 0. The molecule has 0 aliphatic heterocycles. The fourth-order valence-electron chi connectivity index (χ4n) is 1.14. The highest BCUT2D eigenvalue weighted by Gasteiger charge is 2.13. The SMILES string of the molecule is C[C@H](NC(=O)c1ccc(CN)cc1)C(N)=O.Cl. The first kappa shape index (κ1) is 15.4. The van der Waals surface area contributed by atoms with Gasteiger partial charge in [0.2, 0.25) is 5.91 Å². The molecule has 0 saturated heterocycles. The maximum atomic E-state index is 11.6. The van der Waals surface area contributed by atoms with Crippen LogP contribution >= 0.6 is 12.4 Å². The Hall–Kier alpha value is -1.59. The predicted octanol–water partition coefficient (Wildman–Crippen LogP) is 0.171. The Morgan fingerprint density at radius 1 is 1.29 bits per heavy atom. The third kappa shape index (κ3) is 4.42. The van der Waals surface area contributed by atoms with E-state index in [0.717, 1.165) is 5.56 Å². The van der Waals surface area contributed by atoms with Crippen LogP contribution in [0.5, 0.6) is 0 Å². The topological polar surface area (TPSA) is 98.2 Å². The lowest BCUT2D eigenvalue weighted by Crippen LogP contribution is -2.42. The van der Waals surface area contributed by atoms with Crippen LogP contribution in [0.1, 0.15) is 22.8 Å². The first-order chi connectivity index (χ1) is 7.54. The van der Waals surface area contributed by atoms with E-state index in [0.29, 0.717) is 12.1 Å². The molecule has 0 saturated carbocycles. The van der Waals surface area contributed by atoms with Gasteiger partial charge in [-0.25, -0.2) is 0 Å². The van der Waals surface area contributed by atoms with E-state index < -0.39 is 11.9 Å². The lowest BCUT2D eigenvalue weighted by atomic mass is 10.1. The highest BCUT2D eigenvalue weighted by molar-refractivity contribution is 5.97. The fourth-order valence-corrected chi connectivity index (χ4v) is 1.14. The minimum absolute atomic E-state index is 0. The number of primary amides is 1. The molecule has 2 amide bonds. The largest absolute Gasteiger partial charge is 0.368 e. The van der Waals surface area contributed by atoms with Gasteiger partial charge >= 0.3 is 0 Å². The first-order valence-electron chi connectivity index (χ1n) is 4.93. The second-order valence-corrected chi connectivity index (χ2v) is 3.50. The number of nitrogens with one attached hydrogen (secondary N) is 1. The van der Waals surface area contributed by atoms with Crippen LogP contribution in [0.3, 0.4) is 0 Å². The van der Waals surface area contributed by atoms with Crippen LogP contribution in [0.25, 0.3) is 0 Å². The second kappa shape index (κ2) is 6.88. The Morgan fingerprint density at radius 2 is 1.82 bits per heavy atom. The number of halogens is 1. The molecule has 94 valence electrons. The van der Waals surface area contributed by atoms with Crippen molar-refractivity contribution in [1.82, 2.24) is 5.32 Å². The van der Waals surface area contributed by atoms with E-state index in [1.807, 2.05) is 0 Å². The van der Waals surface area contributed by atoms with E-state index in [9.17, 15) is 9.59 Å². The van der Waals surface area contributed by atoms with Crippen LogP contribution in [0.15, 0.2) is 24.3 Å².